The summed E-state index contributed by atoms with van der Waals surface area (Å²) >= 11 is 0. The average molecular weight is 443 g/mol. The lowest BCUT2D eigenvalue weighted by atomic mass is 9.91. The first-order chi connectivity index (χ1) is 15.2. The van der Waals surface area contributed by atoms with Crippen molar-refractivity contribution < 1.29 is 14.4 Å². The lowest BCUT2D eigenvalue weighted by Crippen LogP contribution is -2.46. The van der Waals surface area contributed by atoms with Crippen LogP contribution in [0.5, 0.6) is 0 Å². The molecule has 1 aromatic rings. The third-order valence-corrected chi connectivity index (χ3v) is 6.39. The van der Waals surface area contributed by atoms with Gasteiger partial charge < -0.3 is 20.0 Å². The Bertz CT molecular complexity index is 811. The number of rotatable bonds is 7. The number of benzene rings is 1. The molecule has 7 heteroatoms. The number of piperidine rings is 2. The zero-order valence-corrected chi connectivity index (χ0v) is 20.0. The molecule has 0 aromatic heterocycles. The molecule has 176 valence electrons. The number of nitrogens with zero attached hydrogens (tertiary/aromatic N) is 3. The highest BCUT2D eigenvalue weighted by Crippen LogP contribution is 2.24. The number of carbonyl (C=O) groups is 3. The Balaban J connectivity index is 1.49. The third-order valence-electron chi connectivity index (χ3n) is 6.39. The lowest BCUT2D eigenvalue weighted by Gasteiger charge is -2.33. The number of carbonyl (C=O) groups excluding carboxylic acids is 3. The Hall–Kier alpha value is -2.41. The molecule has 0 spiro atoms. The quantitative estimate of drug-likeness (QED) is 0.705. The SMILES string of the molecule is CN(C)CC(C)(C)CNC(=O)C1CCN(C(=O)c2ccc(N3CCCCC3=O)cc2)CC1. The van der Waals surface area contributed by atoms with Gasteiger partial charge in [0.1, 0.15) is 0 Å². The third kappa shape index (κ3) is 6.31. The van der Waals surface area contributed by atoms with Crippen LogP contribution in [-0.2, 0) is 9.59 Å². The molecule has 1 N–H and O–H groups in total. The van der Waals surface area contributed by atoms with Crippen LogP contribution in [-0.4, -0.2) is 74.3 Å². The summed E-state index contributed by atoms with van der Waals surface area (Å²) in [6.45, 7) is 7.78. The number of amides is 3. The van der Waals surface area contributed by atoms with Gasteiger partial charge in [0, 0.05) is 56.3 Å². The van der Waals surface area contributed by atoms with Crippen LogP contribution >= 0.6 is 0 Å². The van der Waals surface area contributed by atoms with E-state index in [1.54, 1.807) is 0 Å². The van der Waals surface area contributed by atoms with Gasteiger partial charge in [0.15, 0.2) is 0 Å². The summed E-state index contributed by atoms with van der Waals surface area (Å²) in [5.74, 6) is 0.203. The highest BCUT2D eigenvalue weighted by molar-refractivity contribution is 5.97. The molecule has 0 radical (unpaired) electrons. The number of hydrogen-bond acceptors (Lipinski definition) is 4. The first-order valence-electron chi connectivity index (χ1n) is 11.8. The maximum absolute atomic E-state index is 12.9. The monoisotopic (exact) mass is 442 g/mol. The van der Waals surface area contributed by atoms with Crippen molar-refractivity contribution >= 4 is 23.4 Å². The molecule has 2 aliphatic rings. The first kappa shape index (κ1) is 24.2. The number of hydrogen-bond donors (Lipinski definition) is 1. The van der Waals surface area contributed by atoms with Crippen molar-refractivity contribution in [3.63, 3.8) is 0 Å². The van der Waals surface area contributed by atoms with E-state index in [9.17, 15) is 14.4 Å². The second-order valence-corrected chi connectivity index (χ2v) is 10.2. The number of anilines is 1. The molecule has 1 aromatic carbocycles. The Labute approximate surface area is 192 Å². The minimum absolute atomic E-state index is 0.00695. The summed E-state index contributed by atoms with van der Waals surface area (Å²) in [6, 6.07) is 7.36. The summed E-state index contributed by atoms with van der Waals surface area (Å²) in [5.41, 5.74) is 1.51. The van der Waals surface area contributed by atoms with Crippen LogP contribution in [0.1, 0.15) is 56.3 Å². The summed E-state index contributed by atoms with van der Waals surface area (Å²) < 4.78 is 0. The van der Waals surface area contributed by atoms with E-state index in [2.05, 4.69) is 24.1 Å². The van der Waals surface area contributed by atoms with Gasteiger partial charge in [0.05, 0.1) is 0 Å². The second kappa shape index (κ2) is 10.5. The van der Waals surface area contributed by atoms with Gasteiger partial charge in [0.25, 0.3) is 5.91 Å². The van der Waals surface area contributed by atoms with Gasteiger partial charge in [-0.2, -0.15) is 0 Å². The maximum Gasteiger partial charge on any atom is 0.253 e. The Morgan fingerprint density at radius 1 is 1.06 bits per heavy atom. The van der Waals surface area contributed by atoms with Gasteiger partial charge in [-0.1, -0.05) is 13.8 Å². The van der Waals surface area contributed by atoms with E-state index in [1.807, 2.05) is 48.2 Å². The highest BCUT2D eigenvalue weighted by atomic mass is 16.2. The molecule has 0 saturated carbocycles. The van der Waals surface area contributed by atoms with Gasteiger partial charge in [-0.3, -0.25) is 14.4 Å². The molecule has 3 amide bonds. The first-order valence-corrected chi connectivity index (χ1v) is 11.8. The van der Waals surface area contributed by atoms with E-state index in [1.165, 1.54) is 0 Å². The van der Waals surface area contributed by atoms with Crippen molar-refractivity contribution in [2.24, 2.45) is 11.3 Å². The summed E-state index contributed by atoms with van der Waals surface area (Å²) in [7, 11) is 4.08. The topological polar surface area (TPSA) is 73.0 Å². The molecule has 2 aliphatic heterocycles. The van der Waals surface area contributed by atoms with E-state index >= 15 is 0 Å². The smallest absolute Gasteiger partial charge is 0.253 e. The van der Waals surface area contributed by atoms with Crippen molar-refractivity contribution in [3.05, 3.63) is 29.8 Å². The van der Waals surface area contributed by atoms with E-state index in [0.717, 1.165) is 31.6 Å². The molecule has 2 heterocycles. The van der Waals surface area contributed by atoms with Gasteiger partial charge >= 0.3 is 0 Å². The highest BCUT2D eigenvalue weighted by Gasteiger charge is 2.29. The van der Waals surface area contributed by atoms with Crippen molar-refractivity contribution in [1.82, 2.24) is 15.1 Å². The Morgan fingerprint density at radius 3 is 2.31 bits per heavy atom. The van der Waals surface area contributed by atoms with Gasteiger partial charge in [-0.05, 0) is 69.5 Å². The second-order valence-electron chi connectivity index (χ2n) is 10.2. The Kier molecular flexibility index (Phi) is 7.93. The molecule has 2 fully saturated rings. The van der Waals surface area contributed by atoms with E-state index in [-0.39, 0.29) is 29.1 Å². The minimum Gasteiger partial charge on any atom is -0.355 e. The van der Waals surface area contributed by atoms with Gasteiger partial charge in [-0.15, -0.1) is 0 Å². The fourth-order valence-electron chi connectivity index (χ4n) is 4.77. The lowest BCUT2D eigenvalue weighted by molar-refractivity contribution is -0.126. The average Bonchev–Trinajstić information content (AvgIpc) is 2.77. The summed E-state index contributed by atoms with van der Waals surface area (Å²) in [5, 5.41) is 3.11. The fourth-order valence-corrected chi connectivity index (χ4v) is 4.77. The summed E-state index contributed by atoms with van der Waals surface area (Å²) in [4.78, 5) is 43.4. The van der Waals surface area contributed by atoms with Crippen LogP contribution in [0.2, 0.25) is 0 Å². The van der Waals surface area contributed by atoms with Crippen molar-refractivity contribution in [3.8, 4) is 0 Å². The van der Waals surface area contributed by atoms with E-state index in [0.29, 0.717) is 44.5 Å². The van der Waals surface area contributed by atoms with Crippen LogP contribution < -0.4 is 10.2 Å². The van der Waals surface area contributed by atoms with Crippen LogP contribution in [0, 0.1) is 11.3 Å². The molecule has 0 atom stereocenters. The molecule has 0 bridgehead atoms. The predicted octanol–water partition coefficient (Wildman–Crippen LogP) is 2.76. The van der Waals surface area contributed by atoms with E-state index in [4.69, 9.17) is 0 Å². The summed E-state index contributed by atoms with van der Waals surface area (Å²) in [6.07, 6.45) is 3.93. The molecular weight excluding hydrogens is 404 g/mol. The molecular formula is C25H38N4O3. The standard InChI is InChI=1S/C25H38N4O3/c1-25(2,18-27(3)4)17-26-23(31)19-12-15-28(16-13-19)24(32)20-8-10-21(11-9-20)29-14-6-5-7-22(29)30/h8-11,19H,5-7,12-18H2,1-4H3,(H,26,31). The largest absolute Gasteiger partial charge is 0.355 e. The van der Waals surface area contributed by atoms with Gasteiger partial charge in [0.2, 0.25) is 11.8 Å². The minimum atomic E-state index is -0.0401. The van der Waals surface area contributed by atoms with Crippen LogP contribution in [0.3, 0.4) is 0 Å². The normalized spacial score (nSPS) is 18.2. The van der Waals surface area contributed by atoms with Crippen molar-refractivity contribution in [1.29, 1.82) is 0 Å². The Morgan fingerprint density at radius 2 is 1.72 bits per heavy atom. The molecule has 2 saturated heterocycles. The van der Waals surface area contributed by atoms with Crippen LogP contribution in [0.25, 0.3) is 0 Å². The molecule has 7 nitrogen and oxygen atoms in total. The molecule has 0 unspecified atom stereocenters. The molecule has 3 rings (SSSR count). The number of likely N-dealkylation sites (tertiary alicyclic amines) is 1. The van der Waals surface area contributed by atoms with Crippen molar-refractivity contribution in [2.75, 3.05) is 51.7 Å². The maximum atomic E-state index is 12.9. The molecule has 32 heavy (non-hydrogen) atoms. The number of nitrogens with one attached hydrogen (secondary N) is 1. The molecule has 0 aliphatic carbocycles. The van der Waals surface area contributed by atoms with Crippen LogP contribution in [0.15, 0.2) is 24.3 Å². The van der Waals surface area contributed by atoms with Gasteiger partial charge in [-0.25, -0.2) is 0 Å². The zero-order chi connectivity index (χ0) is 23.3. The fraction of sp³-hybridized carbons (Fsp3) is 0.640. The van der Waals surface area contributed by atoms with E-state index < -0.39 is 0 Å². The predicted molar refractivity (Wildman–Crippen MR) is 127 cm³/mol. The van der Waals surface area contributed by atoms with Crippen LogP contribution in [0.4, 0.5) is 5.69 Å². The van der Waals surface area contributed by atoms with Crippen molar-refractivity contribution in [2.45, 2.75) is 46.0 Å². The zero-order valence-electron chi connectivity index (χ0n) is 20.0.